The van der Waals surface area contributed by atoms with E-state index in [1.54, 1.807) is 10.9 Å². The Morgan fingerprint density at radius 3 is 2.64 bits per heavy atom. The Morgan fingerprint density at radius 1 is 1.64 bits per heavy atom. The zero-order valence-electron chi connectivity index (χ0n) is 5.64. The first-order chi connectivity index (χ1) is 4.58. The largest absolute Gasteiger partial charge is 0.267 e. The number of sulfonamides is 1. The summed E-state index contributed by atoms with van der Waals surface area (Å²) in [5.74, 6) is 0.382. The topological polar surface area (TPSA) is 59.1 Å². The molecule has 64 valence electrons. The third-order valence-corrected chi connectivity index (χ3v) is 1.89. The number of halogens is 1. The molecule has 0 bridgehead atoms. The fourth-order valence-electron chi connectivity index (χ4n) is 0.453. The lowest BCUT2D eigenvalue weighted by Gasteiger charge is -1.95. The van der Waals surface area contributed by atoms with Crippen molar-refractivity contribution >= 4 is 39.6 Å². The Morgan fingerprint density at radius 2 is 2.27 bits per heavy atom. The Balaban J connectivity index is 0.000001000. The quantitative estimate of drug-likeness (QED) is 0.797. The summed E-state index contributed by atoms with van der Waals surface area (Å²) in [5, 5.41) is 1.63. The average molecular weight is 215 g/mol. The summed E-state index contributed by atoms with van der Waals surface area (Å²) in [5.41, 5.74) is 1.56. The van der Waals surface area contributed by atoms with Crippen LogP contribution in [0.3, 0.4) is 0 Å². The second-order valence-corrected chi connectivity index (χ2v) is 4.22. The van der Waals surface area contributed by atoms with Gasteiger partial charge < -0.3 is 0 Å². The highest BCUT2D eigenvalue weighted by atomic mass is 35.5. The van der Waals surface area contributed by atoms with Crippen LogP contribution >= 0.6 is 23.7 Å². The minimum atomic E-state index is -3.15. The number of thiazole rings is 1. The zero-order chi connectivity index (χ0) is 7.61. The number of hydrogen-bond acceptors (Lipinski definition) is 4. The third-order valence-electron chi connectivity index (χ3n) is 0.722. The Kier molecular flexibility index (Phi) is 3.77. The summed E-state index contributed by atoms with van der Waals surface area (Å²) in [6.45, 7) is 0. The molecule has 0 aromatic carbocycles. The van der Waals surface area contributed by atoms with Gasteiger partial charge in [0.2, 0.25) is 10.0 Å². The van der Waals surface area contributed by atoms with Gasteiger partial charge in [-0.05, 0) is 0 Å². The van der Waals surface area contributed by atoms with Crippen LogP contribution in [0.15, 0.2) is 10.9 Å². The van der Waals surface area contributed by atoms with Gasteiger partial charge in [-0.3, -0.25) is 4.72 Å². The molecule has 4 nitrogen and oxygen atoms in total. The van der Waals surface area contributed by atoms with Gasteiger partial charge in [0.25, 0.3) is 0 Å². The minimum Gasteiger partial charge on any atom is -0.267 e. The van der Waals surface area contributed by atoms with Crippen LogP contribution < -0.4 is 4.72 Å². The fraction of sp³-hybridized carbons (Fsp3) is 0.250. The standard InChI is InChI=1S/C4H6N2O2S2.ClH/c1-10(7,8)6-4-2-9-3-5-4;/h2-3,6H,1H3;1H. The molecule has 0 aliphatic rings. The van der Waals surface area contributed by atoms with Gasteiger partial charge in [-0.15, -0.1) is 23.7 Å². The van der Waals surface area contributed by atoms with E-state index in [9.17, 15) is 8.42 Å². The Bertz CT molecular complexity index is 294. The zero-order valence-corrected chi connectivity index (χ0v) is 8.09. The molecule has 0 unspecified atom stereocenters. The van der Waals surface area contributed by atoms with Crippen molar-refractivity contribution in [1.29, 1.82) is 0 Å². The summed E-state index contributed by atoms with van der Waals surface area (Å²) in [6.07, 6.45) is 1.09. The molecule has 0 saturated carbocycles. The maximum absolute atomic E-state index is 10.6. The van der Waals surface area contributed by atoms with E-state index < -0.39 is 10.0 Å². The van der Waals surface area contributed by atoms with E-state index in [1.807, 2.05) is 0 Å². The lowest BCUT2D eigenvalue weighted by molar-refractivity contribution is 0.606. The smallest absolute Gasteiger partial charge is 0.230 e. The number of rotatable bonds is 2. The van der Waals surface area contributed by atoms with E-state index in [1.165, 1.54) is 11.3 Å². The number of anilines is 1. The lowest BCUT2D eigenvalue weighted by atomic mass is 10.9. The molecule has 0 aliphatic carbocycles. The summed E-state index contributed by atoms with van der Waals surface area (Å²) < 4.78 is 23.3. The molecule has 7 heteroatoms. The van der Waals surface area contributed by atoms with Crippen molar-refractivity contribution in [3.8, 4) is 0 Å². The highest BCUT2D eigenvalue weighted by Crippen LogP contribution is 2.07. The Labute approximate surface area is 75.1 Å². The second kappa shape index (κ2) is 3.89. The van der Waals surface area contributed by atoms with Crippen molar-refractivity contribution in [2.45, 2.75) is 0 Å². The normalized spacial score (nSPS) is 10.3. The number of aromatic nitrogens is 1. The summed E-state index contributed by atoms with van der Waals surface area (Å²) in [7, 11) is -3.15. The van der Waals surface area contributed by atoms with Gasteiger partial charge in [0.1, 0.15) is 5.82 Å². The van der Waals surface area contributed by atoms with E-state index in [0.29, 0.717) is 5.82 Å². The van der Waals surface area contributed by atoms with E-state index in [0.717, 1.165) is 6.26 Å². The van der Waals surface area contributed by atoms with E-state index in [-0.39, 0.29) is 12.4 Å². The SMILES string of the molecule is CS(=O)(=O)Nc1cscn1.Cl. The molecular formula is C4H7ClN2O2S2. The molecule has 1 aromatic heterocycles. The van der Waals surface area contributed by atoms with Gasteiger partial charge in [0, 0.05) is 5.38 Å². The van der Waals surface area contributed by atoms with Crippen LogP contribution in [0.2, 0.25) is 0 Å². The van der Waals surface area contributed by atoms with Gasteiger partial charge in [-0.25, -0.2) is 13.4 Å². The second-order valence-electron chi connectivity index (χ2n) is 1.75. The van der Waals surface area contributed by atoms with Crippen molar-refractivity contribution in [2.24, 2.45) is 0 Å². The van der Waals surface area contributed by atoms with E-state index >= 15 is 0 Å². The van der Waals surface area contributed by atoms with Crippen molar-refractivity contribution in [3.63, 3.8) is 0 Å². The van der Waals surface area contributed by atoms with Gasteiger partial charge in [-0.2, -0.15) is 0 Å². The monoisotopic (exact) mass is 214 g/mol. The number of nitrogens with zero attached hydrogens (tertiary/aromatic N) is 1. The predicted molar refractivity (Wildman–Crippen MR) is 47.8 cm³/mol. The highest BCUT2D eigenvalue weighted by Gasteiger charge is 2.01. The lowest BCUT2D eigenvalue weighted by Crippen LogP contribution is -2.09. The third kappa shape index (κ3) is 4.18. The maximum Gasteiger partial charge on any atom is 0.230 e. The summed E-state index contributed by atoms with van der Waals surface area (Å²) in [6, 6.07) is 0. The van der Waals surface area contributed by atoms with Gasteiger partial charge in [-0.1, -0.05) is 0 Å². The Hall–Kier alpha value is -0.330. The molecular weight excluding hydrogens is 208 g/mol. The number of hydrogen-bond donors (Lipinski definition) is 1. The molecule has 0 spiro atoms. The predicted octanol–water partition coefficient (Wildman–Crippen LogP) is 0.936. The van der Waals surface area contributed by atoms with Gasteiger partial charge in [0.05, 0.1) is 11.8 Å². The average Bonchev–Trinajstić information content (AvgIpc) is 2.12. The summed E-state index contributed by atoms with van der Waals surface area (Å²) >= 11 is 1.34. The first kappa shape index (κ1) is 10.7. The molecule has 0 aliphatic heterocycles. The van der Waals surface area contributed by atoms with Crippen molar-refractivity contribution < 1.29 is 8.42 Å². The summed E-state index contributed by atoms with van der Waals surface area (Å²) in [4.78, 5) is 3.73. The van der Waals surface area contributed by atoms with Crippen molar-refractivity contribution in [1.82, 2.24) is 4.98 Å². The van der Waals surface area contributed by atoms with Crippen LogP contribution in [0.4, 0.5) is 5.82 Å². The van der Waals surface area contributed by atoms with E-state index in [4.69, 9.17) is 0 Å². The molecule has 0 saturated heterocycles. The number of nitrogens with one attached hydrogen (secondary N) is 1. The van der Waals surface area contributed by atoms with Crippen LogP contribution in [-0.4, -0.2) is 19.7 Å². The van der Waals surface area contributed by atoms with Crippen LogP contribution in [0.1, 0.15) is 0 Å². The highest BCUT2D eigenvalue weighted by molar-refractivity contribution is 7.92. The molecule has 1 rings (SSSR count). The molecule has 0 radical (unpaired) electrons. The van der Waals surface area contributed by atoms with Crippen LogP contribution in [0, 0.1) is 0 Å². The molecule has 0 fully saturated rings. The van der Waals surface area contributed by atoms with Gasteiger partial charge in [0.15, 0.2) is 0 Å². The molecule has 1 N–H and O–H groups in total. The molecule has 1 heterocycles. The van der Waals surface area contributed by atoms with Crippen LogP contribution in [0.5, 0.6) is 0 Å². The molecule has 0 amide bonds. The first-order valence-corrected chi connectivity index (χ1v) is 5.27. The molecule has 0 atom stereocenters. The van der Waals surface area contributed by atoms with Crippen LogP contribution in [0.25, 0.3) is 0 Å². The first-order valence-electron chi connectivity index (χ1n) is 2.44. The molecule has 1 aromatic rings. The van der Waals surface area contributed by atoms with Crippen LogP contribution in [-0.2, 0) is 10.0 Å². The van der Waals surface area contributed by atoms with Crippen molar-refractivity contribution in [2.75, 3.05) is 11.0 Å². The molecule has 11 heavy (non-hydrogen) atoms. The maximum atomic E-state index is 10.6. The van der Waals surface area contributed by atoms with E-state index in [2.05, 4.69) is 9.71 Å². The van der Waals surface area contributed by atoms with Gasteiger partial charge >= 0.3 is 0 Å². The van der Waals surface area contributed by atoms with Crippen molar-refractivity contribution in [3.05, 3.63) is 10.9 Å². The minimum absolute atomic E-state index is 0. The fourth-order valence-corrected chi connectivity index (χ4v) is 1.50.